The molecule has 0 radical (unpaired) electrons. The van der Waals surface area contributed by atoms with E-state index >= 15 is 4.79 Å². The summed E-state index contributed by atoms with van der Waals surface area (Å²) in [4.78, 5) is 82.1. The number of aliphatic hydroxyl groups is 3. The molecule has 0 spiro atoms. The fraction of sp³-hybridized carbons (Fsp3) is 0.762. The maximum atomic E-state index is 15.4. The minimum absolute atomic E-state index is 0.0322. The third-order valence-electron chi connectivity index (χ3n) is 13.0. The maximum Gasteiger partial charge on any atom is 0.408 e. The summed E-state index contributed by atoms with van der Waals surface area (Å²) in [6.45, 7) is 14.7. The van der Waals surface area contributed by atoms with Gasteiger partial charge in [-0.05, 0) is 65.5 Å². The highest BCUT2D eigenvalue weighted by molar-refractivity contribution is 5.95. The number of carbonyl (C=O) groups excluding carboxylic acids is 6. The molecule has 1 saturated heterocycles. The van der Waals surface area contributed by atoms with Crippen molar-refractivity contribution in [1.29, 1.82) is 0 Å². The number of alkyl carbamates (subject to hydrolysis) is 1. The quantitative estimate of drug-likeness (QED) is 0.149. The summed E-state index contributed by atoms with van der Waals surface area (Å²) in [7, 11) is 0. The molecule has 5 aliphatic rings. The van der Waals surface area contributed by atoms with E-state index in [0.717, 1.165) is 26.2 Å². The second-order valence-corrected chi connectivity index (χ2v) is 18.3. The van der Waals surface area contributed by atoms with Gasteiger partial charge in [-0.2, -0.15) is 0 Å². The molecule has 11 atom stereocenters. The molecule has 16 heteroatoms. The zero-order valence-corrected chi connectivity index (χ0v) is 35.2. The number of rotatable bonds is 9. The molecule has 4 fully saturated rings. The Morgan fingerprint density at radius 2 is 1.62 bits per heavy atom. The average molecular weight is 820 g/mol. The lowest BCUT2D eigenvalue weighted by Gasteiger charge is -2.67. The first-order valence-electron chi connectivity index (χ1n) is 20.2. The van der Waals surface area contributed by atoms with Crippen LogP contribution in [0.15, 0.2) is 23.3 Å². The second kappa shape index (κ2) is 16.3. The van der Waals surface area contributed by atoms with Gasteiger partial charge >= 0.3 is 30.0 Å². The van der Waals surface area contributed by atoms with Crippen LogP contribution < -0.4 is 5.32 Å². The van der Waals surface area contributed by atoms with E-state index in [0.29, 0.717) is 12.8 Å². The highest BCUT2D eigenvalue weighted by atomic mass is 16.6. The van der Waals surface area contributed by atoms with Crippen LogP contribution in [0.4, 0.5) is 4.79 Å². The SMILES string of the molecule is C/C=C/C(NC(=O)OC(C)(C)C)C(O)C(=O)OC1CC2(O)C(OC(=O)C3CCCCC3)C3C4(OC(C)=O)COC4CC(O)C3(C)C(=O)C(OC(C)=O)C(=C1C)C2(C)C. The van der Waals surface area contributed by atoms with Gasteiger partial charge in [-0.1, -0.05) is 45.3 Å². The van der Waals surface area contributed by atoms with Crippen LogP contribution in [0, 0.1) is 22.7 Å². The molecule has 3 saturated carbocycles. The largest absolute Gasteiger partial charge is 0.459 e. The van der Waals surface area contributed by atoms with Crippen molar-refractivity contribution in [3.8, 4) is 0 Å². The smallest absolute Gasteiger partial charge is 0.408 e. The predicted molar refractivity (Wildman–Crippen MR) is 203 cm³/mol. The van der Waals surface area contributed by atoms with Crippen LogP contribution in [0.5, 0.6) is 0 Å². The molecule has 1 heterocycles. The van der Waals surface area contributed by atoms with Gasteiger partial charge in [-0.15, -0.1) is 0 Å². The molecule has 1 aliphatic heterocycles. The van der Waals surface area contributed by atoms with E-state index in [1.54, 1.807) is 41.5 Å². The summed E-state index contributed by atoms with van der Waals surface area (Å²) in [5.41, 5.74) is -8.28. The number of aliphatic hydroxyl groups excluding tert-OH is 2. The van der Waals surface area contributed by atoms with Crippen LogP contribution in [0.2, 0.25) is 0 Å². The Morgan fingerprint density at radius 1 is 0.983 bits per heavy atom. The van der Waals surface area contributed by atoms with Crippen molar-refractivity contribution in [2.75, 3.05) is 6.61 Å². The lowest BCUT2D eigenvalue weighted by atomic mass is 9.44. The lowest BCUT2D eigenvalue weighted by Crippen LogP contribution is -2.82. The van der Waals surface area contributed by atoms with E-state index in [-0.39, 0.29) is 24.2 Å². The van der Waals surface area contributed by atoms with Gasteiger partial charge in [0.15, 0.2) is 23.6 Å². The third-order valence-corrected chi connectivity index (χ3v) is 13.0. The summed E-state index contributed by atoms with van der Waals surface area (Å²) in [5.74, 6) is -6.36. The van der Waals surface area contributed by atoms with Gasteiger partial charge in [0.05, 0.1) is 36.0 Å². The van der Waals surface area contributed by atoms with E-state index in [4.69, 9.17) is 28.4 Å². The van der Waals surface area contributed by atoms with Gasteiger partial charge in [-0.3, -0.25) is 19.2 Å². The van der Waals surface area contributed by atoms with E-state index in [1.807, 2.05) is 0 Å². The Kier molecular flexibility index (Phi) is 12.7. The number of hydrogen-bond donors (Lipinski definition) is 4. The van der Waals surface area contributed by atoms with E-state index in [1.165, 1.54) is 32.9 Å². The van der Waals surface area contributed by atoms with Gasteiger partial charge in [0.1, 0.15) is 29.5 Å². The molecule has 1 amide bonds. The van der Waals surface area contributed by atoms with E-state index < -0.39 is 124 Å². The first-order chi connectivity index (χ1) is 26.8. The molecule has 0 aromatic rings. The zero-order valence-electron chi connectivity index (χ0n) is 35.2. The van der Waals surface area contributed by atoms with Gasteiger partial charge in [-0.25, -0.2) is 9.59 Å². The Bertz CT molecular complexity index is 1720. The molecule has 2 bridgehead atoms. The summed E-state index contributed by atoms with van der Waals surface area (Å²) in [6, 6.07) is -1.32. The number of fused-ring (bicyclic) bond motifs is 5. The Labute approximate surface area is 339 Å². The fourth-order valence-corrected chi connectivity index (χ4v) is 10.1. The second-order valence-electron chi connectivity index (χ2n) is 18.3. The molecule has 16 nitrogen and oxygen atoms in total. The number of hydrogen-bond acceptors (Lipinski definition) is 15. The molecule has 5 rings (SSSR count). The van der Waals surface area contributed by atoms with Crippen LogP contribution in [-0.2, 0) is 52.4 Å². The minimum Gasteiger partial charge on any atom is -0.459 e. The van der Waals surface area contributed by atoms with E-state index in [9.17, 15) is 39.3 Å². The minimum atomic E-state index is -2.31. The lowest BCUT2D eigenvalue weighted by molar-refractivity contribution is -0.347. The highest BCUT2D eigenvalue weighted by Gasteiger charge is 2.78. The molecular formula is C42H61NO15. The van der Waals surface area contributed by atoms with Crippen LogP contribution >= 0.6 is 0 Å². The Hall–Kier alpha value is -3.86. The number of carbonyl (C=O) groups is 6. The van der Waals surface area contributed by atoms with E-state index in [2.05, 4.69) is 5.32 Å². The number of Topliss-reactive ketones (excluding diaryl/α,β-unsaturated/α-hetero) is 1. The first kappa shape index (κ1) is 45.2. The van der Waals surface area contributed by atoms with Crippen LogP contribution in [0.25, 0.3) is 0 Å². The van der Waals surface area contributed by atoms with Crippen molar-refractivity contribution >= 4 is 35.8 Å². The zero-order chi connectivity index (χ0) is 43.3. The van der Waals surface area contributed by atoms with Crippen molar-refractivity contribution < 1.29 is 72.5 Å². The molecule has 4 aliphatic carbocycles. The average Bonchev–Trinajstić information content (AvgIpc) is 3.11. The Morgan fingerprint density at radius 3 is 2.16 bits per heavy atom. The normalized spacial score (nSPS) is 35.8. The fourth-order valence-electron chi connectivity index (χ4n) is 10.1. The Balaban J connectivity index is 1.71. The summed E-state index contributed by atoms with van der Waals surface area (Å²) in [6.07, 6.45) is -4.69. The highest BCUT2D eigenvalue weighted by Crippen LogP contribution is 2.64. The molecule has 58 heavy (non-hydrogen) atoms. The number of nitrogens with one attached hydrogen (secondary N) is 1. The van der Waals surface area contributed by atoms with Crippen LogP contribution in [0.3, 0.4) is 0 Å². The third kappa shape index (κ3) is 7.93. The van der Waals surface area contributed by atoms with Crippen molar-refractivity contribution in [3.63, 3.8) is 0 Å². The number of allylic oxidation sites excluding steroid dienone is 1. The molecule has 0 aromatic heterocycles. The summed E-state index contributed by atoms with van der Waals surface area (Å²) in [5, 5.41) is 39.4. The maximum absolute atomic E-state index is 15.4. The van der Waals surface area contributed by atoms with Gasteiger partial charge in [0.25, 0.3) is 0 Å². The molecular weight excluding hydrogens is 758 g/mol. The molecule has 4 N–H and O–H groups in total. The predicted octanol–water partition coefficient (Wildman–Crippen LogP) is 3.30. The summed E-state index contributed by atoms with van der Waals surface area (Å²) >= 11 is 0. The van der Waals surface area contributed by atoms with Crippen LogP contribution in [-0.4, -0.2) is 117 Å². The van der Waals surface area contributed by atoms with Crippen molar-refractivity contribution in [1.82, 2.24) is 5.32 Å². The monoisotopic (exact) mass is 819 g/mol. The number of ketones is 1. The van der Waals surface area contributed by atoms with Crippen LogP contribution in [0.1, 0.15) is 114 Å². The van der Waals surface area contributed by atoms with Gasteiger partial charge in [0, 0.05) is 32.1 Å². The first-order valence-corrected chi connectivity index (χ1v) is 20.2. The summed E-state index contributed by atoms with van der Waals surface area (Å²) < 4.78 is 35.5. The van der Waals surface area contributed by atoms with Gasteiger partial charge in [0.2, 0.25) is 0 Å². The van der Waals surface area contributed by atoms with Crippen molar-refractivity contribution in [2.45, 2.75) is 174 Å². The standard InChI is InChI=1S/C42H61NO15/c1-11-15-25(43-37(51)58-38(5,6)7)30(47)36(50)55-26-19-42(52)34(56-35(49)24-16-13-12-14-17-24)32-40(10,27(46)18-28-41(32,20-53-28)57-23(4)45)33(48)31(54-22(3)44)29(21(26)2)39(42,8)9/h11,15,24-28,30-32,34,46-47,52H,12-14,16-20H2,1-10H3,(H,43,51)/b15-11+. The van der Waals surface area contributed by atoms with Gasteiger partial charge < -0.3 is 49.1 Å². The number of ether oxygens (including phenoxy) is 6. The topological polar surface area (TPSA) is 231 Å². The number of esters is 4. The van der Waals surface area contributed by atoms with Crippen molar-refractivity contribution in [2.24, 2.45) is 22.7 Å². The molecule has 0 aromatic carbocycles. The molecule has 324 valence electrons. The van der Waals surface area contributed by atoms with Crippen molar-refractivity contribution in [3.05, 3.63) is 23.3 Å². The molecule has 11 unspecified atom stereocenters. The number of amides is 1.